The maximum Gasteiger partial charge on any atom is 0.311 e. The summed E-state index contributed by atoms with van der Waals surface area (Å²) >= 11 is 1.25. The van der Waals surface area contributed by atoms with E-state index in [1.54, 1.807) is 19.2 Å². The van der Waals surface area contributed by atoms with E-state index >= 15 is 0 Å². The molecule has 1 atom stereocenters. The lowest BCUT2D eigenvalue weighted by Crippen LogP contribution is -2.39. The highest BCUT2D eigenvalue weighted by Crippen LogP contribution is 2.27. The number of hydrogen-bond acceptors (Lipinski definition) is 6. The average Bonchev–Trinajstić information content (AvgIpc) is 3.01. The van der Waals surface area contributed by atoms with Gasteiger partial charge in [0.15, 0.2) is 10.7 Å². The van der Waals surface area contributed by atoms with Crippen LogP contribution in [0.1, 0.15) is 25.1 Å². The summed E-state index contributed by atoms with van der Waals surface area (Å²) in [6.45, 7) is 3.78. The fourth-order valence-electron chi connectivity index (χ4n) is 2.12. The van der Waals surface area contributed by atoms with Crippen molar-refractivity contribution in [3.63, 3.8) is 0 Å². The van der Waals surface area contributed by atoms with Crippen LogP contribution in [0.25, 0.3) is 0 Å². The van der Waals surface area contributed by atoms with Gasteiger partial charge in [0.1, 0.15) is 0 Å². The van der Waals surface area contributed by atoms with Gasteiger partial charge in [-0.2, -0.15) is 0 Å². The largest absolute Gasteiger partial charge is 0.466 e. The molecule has 1 amide bonds. The summed E-state index contributed by atoms with van der Waals surface area (Å²) in [5.74, 6) is -0.667. The summed E-state index contributed by atoms with van der Waals surface area (Å²) in [4.78, 5) is 28.4. The monoisotopic (exact) mass is 348 g/mol. The van der Waals surface area contributed by atoms with Gasteiger partial charge in [-0.15, -0.1) is 11.3 Å². The van der Waals surface area contributed by atoms with Gasteiger partial charge in [-0.05, 0) is 19.4 Å². The second-order valence-electron chi connectivity index (χ2n) is 5.18. The highest BCUT2D eigenvalue weighted by atomic mass is 32.1. The zero-order chi connectivity index (χ0) is 17.6. The van der Waals surface area contributed by atoms with Crippen molar-refractivity contribution in [3.05, 3.63) is 47.0 Å². The van der Waals surface area contributed by atoms with Crippen molar-refractivity contribution in [2.24, 2.45) is 0 Å². The van der Waals surface area contributed by atoms with Gasteiger partial charge in [0.25, 0.3) is 5.91 Å². The minimum atomic E-state index is -1.13. The van der Waals surface area contributed by atoms with E-state index in [1.807, 2.05) is 30.3 Å². The minimum absolute atomic E-state index is 0.0838. The molecule has 128 valence electrons. The number of aromatic nitrogens is 1. The Bertz CT molecular complexity index is 702. The van der Waals surface area contributed by atoms with E-state index < -0.39 is 5.60 Å². The van der Waals surface area contributed by atoms with E-state index in [2.05, 4.69) is 10.3 Å². The Kier molecular flexibility index (Phi) is 6.05. The molecule has 7 heteroatoms. The molecule has 0 fully saturated rings. The predicted molar refractivity (Wildman–Crippen MR) is 91.9 cm³/mol. The number of nitrogens with one attached hydrogen (secondary N) is 1. The lowest BCUT2D eigenvalue weighted by atomic mass is 9.95. The Balaban J connectivity index is 2.08. The summed E-state index contributed by atoms with van der Waals surface area (Å²) < 4.78 is 10.3. The maximum absolute atomic E-state index is 12.6. The van der Waals surface area contributed by atoms with Crippen LogP contribution in [0.5, 0.6) is 0 Å². The first-order valence-corrected chi connectivity index (χ1v) is 8.39. The van der Waals surface area contributed by atoms with Gasteiger partial charge in [-0.1, -0.05) is 30.3 Å². The smallest absolute Gasteiger partial charge is 0.311 e. The molecule has 1 N–H and O–H groups in total. The number of thiazole rings is 1. The van der Waals surface area contributed by atoms with Crippen LogP contribution in [0, 0.1) is 0 Å². The van der Waals surface area contributed by atoms with Crippen molar-refractivity contribution < 1.29 is 19.1 Å². The number of rotatable bonds is 7. The molecule has 0 aliphatic heterocycles. The Morgan fingerprint density at radius 2 is 2.00 bits per heavy atom. The molecule has 0 spiro atoms. The molecule has 1 aromatic carbocycles. The van der Waals surface area contributed by atoms with Gasteiger partial charge in [0.2, 0.25) is 0 Å². The summed E-state index contributed by atoms with van der Waals surface area (Å²) in [6, 6.07) is 9.23. The van der Waals surface area contributed by atoms with Gasteiger partial charge >= 0.3 is 5.97 Å². The molecule has 1 heterocycles. The number of anilines is 1. The normalized spacial score (nSPS) is 13.1. The number of amides is 1. The first kappa shape index (κ1) is 18.1. The second-order valence-corrected chi connectivity index (χ2v) is 6.04. The summed E-state index contributed by atoms with van der Waals surface area (Å²) in [5, 5.41) is 4.89. The van der Waals surface area contributed by atoms with Crippen LogP contribution in [0.4, 0.5) is 5.13 Å². The Morgan fingerprint density at radius 1 is 1.29 bits per heavy atom. The number of hydrogen-bond donors (Lipinski definition) is 1. The average molecular weight is 348 g/mol. The Hall–Kier alpha value is -2.25. The van der Waals surface area contributed by atoms with Crippen LogP contribution in [0.3, 0.4) is 0 Å². The molecule has 0 saturated heterocycles. The fraction of sp³-hybridized carbons (Fsp3) is 0.353. The van der Waals surface area contributed by atoms with Crippen molar-refractivity contribution in [2.75, 3.05) is 19.0 Å². The molecule has 2 aromatic rings. The third-order valence-corrected chi connectivity index (χ3v) is 4.38. The van der Waals surface area contributed by atoms with Crippen molar-refractivity contribution >= 4 is 28.3 Å². The van der Waals surface area contributed by atoms with Crippen LogP contribution in [-0.2, 0) is 31.1 Å². The lowest BCUT2D eigenvalue weighted by molar-refractivity contribution is -0.142. The highest BCUT2D eigenvalue weighted by molar-refractivity contribution is 7.13. The quantitative estimate of drug-likeness (QED) is 0.779. The number of methoxy groups -OCH3 is 1. The maximum atomic E-state index is 12.6. The van der Waals surface area contributed by atoms with Crippen LogP contribution in [0.2, 0.25) is 0 Å². The standard InChI is InChI=1S/C17H20N2O4S/c1-4-23-14(20)10-13-11-24-16(18-13)19-15(21)17(2,22-3)12-8-6-5-7-9-12/h5-9,11H,4,10H2,1-3H3,(H,18,19,21). The molecular formula is C17H20N2O4S. The Labute approximate surface area is 144 Å². The molecule has 0 aliphatic carbocycles. The van der Waals surface area contributed by atoms with Crippen molar-refractivity contribution in [3.8, 4) is 0 Å². The third-order valence-electron chi connectivity index (χ3n) is 3.57. The SMILES string of the molecule is CCOC(=O)Cc1csc(NC(=O)C(C)(OC)c2ccccc2)n1. The number of esters is 1. The predicted octanol–water partition coefficient (Wildman–Crippen LogP) is 2.75. The van der Waals surface area contributed by atoms with Crippen LogP contribution >= 0.6 is 11.3 Å². The molecule has 0 saturated carbocycles. The molecule has 0 aliphatic rings. The highest BCUT2D eigenvalue weighted by Gasteiger charge is 2.35. The van der Waals surface area contributed by atoms with E-state index in [1.165, 1.54) is 18.4 Å². The topological polar surface area (TPSA) is 77.5 Å². The van der Waals surface area contributed by atoms with Gasteiger partial charge in [-0.25, -0.2) is 4.98 Å². The molecular weight excluding hydrogens is 328 g/mol. The minimum Gasteiger partial charge on any atom is -0.466 e. The van der Waals surface area contributed by atoms with Crippen LogP contribution < -0.4 is 5.32 Å². The fourth-order valence-corrected chi connectivity index (χ4v) is 2.82. The number of nitrogens with zero attached hydrogens (tertiary/aromatic N) is 1. The van der Waals surface area contributed by atoms with Crippen LogP contribution in [-0.4, -0.2) is 30.6 Å². The second kappa shape index (κ2) is 8.03. The molecule has 2 rings (SSSR count). The molecule has 1 aromatic heterocycles. The van der Waals surface area contributed by atoms with E-state index in [0.29, 0.717) is 17.4 Å². The summed E-state index contributed by atoms with van der Waals surface area (Å²) in [7, 11) is 1.49. The van der Waals surface area contributed by atoms with Gasteiger partial charge in [0.05, 0.1) is 18.7 Å². The summed E-state index contributed by atoms with van der Waals surface area (Å²) in [5.41, 5.74) is 0.176. The lowest BCUT2D eigenvalue weighted by Gasteiger charge is -2.26. The van der Waals surface area contributed by atoms with E-state index in [-0.39, 0.29) is 18.3 Å². The van der Waals surface area contributed by atoms with E-state index in [4.69, 9.17) is 9.47 Å². The van der Waals surface area contributed by atoms with Crippen molar-refractivity contribution in [1.29, 1.82) is 0 Å². The molecule has 24 heavy (non-hydrogen) atoms. The summed E-state index contributed by atoms with van der Waals surface area (Å²) in [6.07, 6.45) is 0.0838. The van der Waals surface area contributed by atoms with Crippen molar-refractivity contribution in [1.82, 2.24) is 4.98 Å². The van der Waals surface area contributed by atoms with Gasteiger partial charge in [0, 0.05) is 12.5 Å². The van der Waals surface area contributed by atoms with E-state index in [9.17, 15) is 9.59 Å². The molecule has 1 unspecified atom stereocenters. The van der Waals surface area contributed by atoms with E-state index in [0.717, 1.165) is 5.56 Å². The van der Waals surface area contributed by atoms with Crippen LogP contribution in [0.15, 0.2) is 35.7 Å². The first-order chi connectivity index (χ1) is 11.5. The molecule has 6 nitrogen and oxygen atoms in total. The number of ether oxygens (including phenoxy) is 2. The molecule has 0 bridgehead atoms. The zero-order valence-electron chi connectivity index (χ0n) is 13.9. The number of carbonyl (C=O) groups is 2. The van der Waals surface area contributed by atoms with Gasteiger partial charge < -0.3 is 9.47 Å². The number of carbonyl (C=O) groups excluding carboxylic acids is 2. The Morgan fingerprint density at radius 3 is 2.62 bits per heavy atom. The van der Waals surface area contributed by atoms with Gasteiger partial charge in [-0.3, -0.25) is 14.9 Å². The van der Waals surface area contributed by atoms with Crippen molar-refractivity contribution in [2.45, 2.75) is 25.9 Å². The first-order valence-electron chi connectivity index (χ1n) is 7.51. The molecule has 0 radical (unpaired) electrons. The third kappa shape index (κ3) is 4.18. The zero-order valence-corrected chi connectivity index (χ0v) is 14.7. The number of benzene rings is 1.